The number of nitriles is 1. The lowest BCUT2D eigenvalue weighted by Gasteiger charge is -2.26. The molecule has 0 N–H and O–H groups in total. The lowest BCUT2D eigenvalue weighted by atomic mass is 9.95. The Balaban J connectivity index is 1.80. The van der Waals surface area contributed by atoms with Gasteiger partial charge in [-0.1, -0.05) is 0 Å². The summed E-state index contributed by atoms with van der Waals surface area (Å²) in [6.45, 7) is 3.14. The van der Waals surface area contributed by atoms with Crippen LogP contribution in [0.1, 0.15) is 18.7 Å². The molecule has 0 unspecified atom stereocenters. The van der Waals surface area contributed by atoms with Crippen molar-refractivity contribution in [2.75, 3.05) is 6.54 Å². The molecule has 2 amide bonds. The van der Waals surface area contributed by atoms with Gasteiger partial charge in [0.1, 0.15) is 21.5 Å². The second-order valence-corrected chi connectivity index (χ2v) is 8.90. The van der Waals surface area contributed by atoms with E-state index >= 15 is 0 Å². The number of nitrogens with zero attached hydrogens (tertiary/aromatic N) is 3. The van der Waals surface area contributed by atoms with E-state index in [2.05, 4.69) is 4.98 Å². The second-order valence-electron chi connectivity index (χ2n) is 6.81. The molecule has 1 aliphatic rings. The maximum absolute atomic E-state index is 14.1. The van der Waals surface area contributed by atoms with Gasteiger partial charge in [-0.05, 0) is 31.6 Å². The van der Waals surface area contributed by atoms with Crippen LogP contribution in [0.5, 0.6) is 0 Å². The number of rotatable bonds is 3. The highest BCUT2D eigenvalue weighted by molar-refractivity contribution is 7.29. The average molecular weight is 495 g/mol. The van der Waals surface area contributed by atoms with Crippen LogP contribution in [0.25, 0.3) is 26.2 Å². The molecular formula is C21H10F5N3O2S2. The lowest BCUT2D eigenvalue weighted by molar-refractivity contribution is -0.140. The fraction of sp³-hybridized carbons (Fsp3) is 0.143. The van der Waals surface area contributed by atoms with E-state index in [0.717, 1.165) is 27.6 Å². The molecule has 0 fully saturated rings. The molecule has 0 saturated heterocycles. The van der Waals surface area contributed by atoms with Crippen molar-refractivity contribution < 1.29 is 31.5 Å². The third kappa shape index (κ3) is 3.44. The summed E-state index contributed by atoms with van der Waals surface area (Å²) in [4.78, 5) is 30.6. The zero-order chi connectivity index (χ0) is 24.2. The lowest BCUT2D eigenvalue weighted by Crippen LogP contribution is -2.42. The zero-order valence-corrected chi connectivity index (χ0v) is 18.4. The zero-order valence-electron chi connectivity index (χ0n) is 16.7. The fourth-order valence-corrected chi connectivity index (χ4v) is 5.48. The highest BCUT2D eigenvalue weighted by atomic mass is 32.1. The molecule has 0 spiro atoms. The molecule has 0 saturated carbocycles. The van der Waals surface area contributed by atoms with E-state index in [1.54, 1.807) is 13.0 Å². The summed E-state index contributed by atoms with van der Waals surface area (Å²) in [5.41, 5.74) is -0.935. The Hall–Kier alpha value is -3.43. The highest BCUT2D eigenvalue weighted by Crippen LogP contribution is 2.40. The van der Waals surface area contributed by atoms with Crippen LogP contribution in [-0.2, 0) is 9.59 Å². The number of halogens is 5. The normalized spacial score (nSPS) is 15.8. The van der Waals surface area contributed by atoms with Crippen molar-refractivity contribution in [1.29, 1.82) is 5.26 Å². The van der Waals surface area contributed by atoms with Crippen molar-refractivity contribution in [1.82, 2.24) is 9.88 Å². The predicted octanol–water partition coefficient (Wildman–Crippen LogP) is 5.33. The average Bonchev–Trinajstić information content (AvgIpc) is 3.33. The minimum Gasteiger partial charge on any atom is -0.274 e. The Morgan fingerprint density at radius 2 is 1.64 bits per heavy atom. The molecule has 2 aromatic heterocycles. The number of benzene rings is 1. The number of hydrogen-bond donors (Lipinski definition) is 0. The van der Waals surface area contributed by atoms with Gasteiger partial charge in [-0.2, -0.15) is 5.26 Å². The van der Waals surface area contributed by atoms with E-state index in [4.69, 9.17) is 0 Å². The summed E-state index contributed by atoms with van der Waals surface area (Å²) in [6.07, 6.45) is 1.46. The number of fused-ring (bicyclic) bond motifs is 1. The Bertz CT molecular complexity index is 1420. The van der Waals surface area contributed by atoms with Crippen LogP contribution in [0.4, 0.5) is 22.0 Å². The van der Waals surface area contributed by atoms with Gasteiger partial charge < -0.3 is 0 Å². The topological polar surface area (TPSA) is 74.1 Å². The second kappa shape index (κ2) is 8.17. The summed E-state index contributed by atoms with van der Waals surface area (Å²) >= 11 is 1.72. The molecular weight excluding hydrogens is 485 g/mol. The standard InChI is InChI=1S/C21H10F5N3O2S2/c1-3-29-20(30)9(7(2)10(6-27)21(29)31)4-8-5-11-18(32-8)28-19(33-11)12-13(22)15(24)17(26)16(25)14(12)23/h4-5H,3H2,1-2H3/b9-4-. The minimum atomic E-state index is -2.25. The van der Waals surface area contributed by atoms with Gasteiger partial charge in [0.25, 0.3) is 11.8 Å². The molecule has 0 radical (unpaired) electrons. The molecule has 4 rings (SSSR count). The van der Waals surface area contributed by atoms with E-state index in [1.807, 2.05) is 0 Å². The summed E-state index contributed by atoms with van der Waals surface area (Å²) in [6, 6.07) is 3.33. The Morgan fingerprint density at radius 3 is 2.18 bits per heavy atom. The number of carbonyl (C=O) groups excluding carboxylic acids is 2. The van der Waals surface area contributed by atoms with Gasteiger partial charge in [0.05, 0.1) is 10.3 Å². The molecule has 0 aliphatic carbocycles. The van der Waals surface area contributed by atoms with Crippen molar-refractivity contribution >= 4 is 50.1 Å². The molecule has 1 aromatic carbocycles. The summed E-state index contributed by atoms with van der Waals surface area (Å²) in [5.74, 6) is -11.6. The van der Waals surface area contributed by atoms with E-state index < -0.39 is 46.5 Å². The van der Waals surface area contributed by atoms with Gasteiger partial charge >= 0.3 is 0 Å². The van der Waals surface area contributed by atoms with E-state index in [0.29, 0.717) is 9.58 Å². The first-order chi connectivity index (χ1) is 15.6. The maximum Gasteiger partial charge on any atom is 0.271 e. The van der Waals surface area contributed by atoms with E-state index in [9.17, 15) is 36.8 Å². The van der Waals surface area contributed by atoms with Crippen molar-refractivity contribution in [2.24, 2.45) is 0 Å². The van der Waals surface area contributed by atoms with Gasteiger partial charge in [-0.3, -0.25) is 14.5 Å². The Labute approximate surface area is 190 Å². The van der Waals surface area contributed by atoms with Crippen LogP contribution >= 0.6 is 22.7 Å². The van der Waals surface area contributed by atoms with Crippen molar-refractivity contribution in [3.05, 3.63) is 56.7 Å². The number of amides is 2. The summed E-state index contributed by atoms with van der Waals surface area (Å²) in [7, 11) is 0. The van der Waals surface area contributed by atoms with Gasteiger partial charge in [-0.25, -0.2) is 26.9 Å². The first-order valence-electron chi connectivity index (χ1n) is 9.22. The van der Waals surface area contributed by atoms with Crippen LogP contribution in [0.15, 0.2) is 22.8 Å². The molecule has 0 bridgehead atoms. The Kier molecular flexibility index (Phi) is 5.63. The molecule has 168 valence electrons. The van der Waals surface area contributed by atoms with Crippen LogP contribution in [0.2, 0.25) is 0 Å². The number of thiophene rings is 1. The minimum absolute atomic E-state index is 0.0693. The van der Waals surface area contributed by atoms with Crippen molar-refractivity contribution in [3.63, 3.8) is 0 Å². The monoisotopic (exact) mass is 495 g/mol. The molecule has 1 aliphatic heterocycles. The van der Waals surface area contributed by atoms with E-state index in [-0.39, 0.29) is 33.1 Å². The number of likely N-dealkylation sites (N-methyl/N-ethyl adjacent to an activating group) is 1. The van der Waals surface area contributed by atoms with Crippen molar-refractivity contribution in [3.8, 4) is 16.6 Å². The largest absolute Gasteiger partial charge is 0.274 e. The number of hydrogen-bond acceptors (Lipinski definition) is 6. The molecule has 3 aromatic rings. The predicted molar refractivity (Wildman–Crippen MR) is 111 cm³/mol. The SMILES string of the molecule is CCN1C(=O)C(C#N)=C(C)/C(=C/c2cc3sc(-c4c(F)c(F)c(F)c(F)c4F)nc3s2)C1=O. The number of imide groups is 1. The highest BCUT2D eigenvalue weighted by Gasteiger charge is 2.34. The molecule has 33 heavy (non-hydrogen) atoms. The van der Waals surface area contributed by atoms with Crippen molar-refractivity contribution in [2.45, 2.75) is 13.8 Å². The smallest absolute Gasteiger partial charge is 0.271 e. The Morgan fingerprint density at radius 1 is 1.03 bits per heavy atom. The maximum atomic E-state index is 14.1. The fourth-order valence-electron chi connectivity index (χ4n) is 3.28. The number of thiazole rings is 1. The third-order valence-corrected chi connectivity index (χ3v) is 7.09. The third-order valence-electron chi connectivity index (χ3n) is 4.96. The van der Waals surface area contributed by atoms with Gasteiger partial charge in [0, 0.05) is 17.0 Å². The number of carbonyl (C=O) groups is 2. The van der Waals surface area contributed by atoms with Crippen LogP contribution in [-0.4, -0.2) is 28.2 Å². The molecule has 3 heterocycles. The first-order valence-corrected chi connectivity index (χ1v) is 10.8. The summed E-state index contributed by atoms with van der Waals surface area (Å²) < 4.78 is 69.0. The van der Waals surface area contributed by atoms with Crippen LogP contribution in [0.3, 0.4) is 0 Å². The molecule has 5 nitrogen and oxygen atoms in total. The quantitative estimate of drug-likeness (QED) is 0.162. The van der Waals surface area contributed by atoms with Gasteiger partial charge in [0.15, 0.2) is 23.3 Å². The number of aromatic nitrogens is 1. The van der Waals surface area contributed by atoms with Gasteiger partial charge in [-0.15, -0.1) is 22.7 Å². The van der Waals surface area contributed by atoms with E-state index in [1.165, 1.54) is 19.1 Å². The molecule has 0 atom stereocenters. The first kappa shape index (κ1) is 22.8. The van der Waals surface area contributed by atoms with Gasteiger partial charge in [0.2, 0.25) is 5.82 Å². The van der Waals surface area contributed by atoms with Crippen LogP contribution in [0, 0.1) is 40.4 Å². The van der Waals surface area contributed by atoms with Crippen LogP contribution < -0.4 is 0 Å². The summed E-state index contributed by atoms with van der Waals surface area (Å²) in [5, 5.41) is 8.91. The molecule has 12 heteroatoms.